The van der Waals surface area contributed by atoms with Gasteiger partial charge in [-0.15, -0.1) is 0 Å². The molecule has 1 N–H and O–H groups in total. The van der Waals surface area contributed by atoms with Gasteiger partial charge in [-0.1, -0.05) is 0 Å². The lowest BCUT2D eigenvalue weighted by Gasteiger charge is -2.25. The number of pyridine rings is 1. The van der Waals surface area contributed by atoms with E-state index in [9.17, 15) is 0 Å². The molecule has 0 aromatic carbocycles. The van der Waals surface area contributed by atoms with Crippen molar-refractivity contribution in [1.29, 1.82) is 0 Å². The van der Waals surface area contributed by atoms with E-state index in [2.05, 4.69) is 46.1 Å². The quantitative estimate of drug-likeness (QED) is 0.908. The molecule has 0 amide bonds. The Labute approximate surface area is 129 Å². The average Bonchev–Trinajstić information content (AvgIpc) is 3.00. The molecule has 0 spiro atoms. The summed E-state index contributed by atoms with van der Waals surface area (Å²) in [4.78, 5) is 19.6. The topological polar surface area (TPSA) is 66.3 Å². The van der Waals surface area contributed by atoms with E-state index < -0.39 is 0 Å². The fourth-order valence-electron chi connectivity index (χ4n) is 2.39. The minimum Gasteiger partial charge on any atom is -0.323 e. The fourth-order valence-corrected chi connectivity index (χ4v) is 2.97. The molecule has 2 aliphatic heterocycles. The van der Waals surface area contributed by atoms with Crippen molar-refractivity contribution in [2.24, 2.45) is 4.99 Å². The maximum absolute atomic E-state index is 4.62. The first kappa shape index (κ1) is 12.5. The fraction of sp³-hybridized carbons (Fsp3) is 0.143. The van der Waals surface area contributed by atoms with Gasteiger partial charge in [0, 0.05) is 24.5 Å². The Morgan fingerprint density at radius 1 is 1.29 bits per heavy atom. The Balaban J connectivity index is 1.72. The van der Waals surface area contributed by atoms with E-state index in [1.54, 1.807) is 12.4 Å². The number of rotatable bonds is 2. The van der Waals surface area contributed by atoms with Crippen LogP contribution in [0, 0.1) is 0 Å². The minimum atomic E-state index is 0.555. The van der Waals surface area contributed by atoms with Gasteiger partial charge in [0.2, 0.25) is 5.95 Å². The highest BCUT2D eigenvalue weighted by atomic mass is 79.9. The Morgan fingerprint density at radius 2 is 2.24 bits per heavy atom. The van der Waals surface area contributed by atoms with E-state index in [0.717, 1.165) is 40.5 Å². The first-order valence-corrected chi connectivity index (χ1v) is 7.34. The first-order valence-electron chi connectivity index (χ1n) is 6.55. The van der Waals surface area contributed by atoms with Crippen molar-refractivity contribution in [2.45, 2.75) is 0 Å². The molecule has 4 rings (SSSR count). The number of aliphatic imine (C=N–C) groups is 1. The number of fused-ring (bicyclic) bond motifs is 3. The van der Waals surface area contributed by atoms with Crippen molar-refractivity contribution in [3.05, 3.63) is 40.8 Å². The summed E-state index contributed by atoms with van der Waals surface area (Å²) in [5.41, 5.74) is 1.85. The van der Waals surface area contributed by atoms with Crippen LogP contribution >= 0.6 is 15.9 Å². The average molecular weight is 343 g/mol. The van der Waals surface area contributed by atoms with Crippen LogP contribution in [-0.2, 0) is 0 Å². The molecule has 0 bridgehead atoms. The largest absolute Gasteiger partial charge is 0.323 e. The van der Waals surface area contributed by atoms with E-state index in [4.69, 9.17) is 0 Å². The number of hydrogen-bond donors (Lipinski definition) is 1. The standard InChI is InChI=1S/C14H11BrN6/c15-11-6-9-7-18-14(19-10-2-1-3-16-8-10)20-12(9)21-5-4-17-13(11)21/h1-3,6-8H,4-5H2,(H,18,19,20). The molecular formula is C14H11BrN6. The van der Waals surface area contributed by atoms with Gasteiger partial charge in [0.05, 0.1) is 22.9 Å². The third-order valence-electron chi connectivity index (χ3n) is 3.31. The van der Waals surface area contributed by atoms with Gasteiger partial charge in [0.1, 0.15) is 11.7 Å². The third-order valence-corrected chi connectivity index (χ3v) is 3.89. The molecule has 6 nitrogen and oxygen atoms in total. The summed E-state index contributed by atoms with van der Waals surface area (Å²) < 4.78 is 0.976. The van der Waals surface area contributed by atoms with E-state index in [1.807, 2.05) is 24.4 Å². The van der Waals surface area contributed by atoms with E-state index >= 15 is 0 Å². The van der Waals surface area contributed by atoms with Crippen LogP contribution in [0.1, 0.15) is 5.56 Å². The molecule has 104 valence electrons. The summed E-state index contributed by atoms with van der Waals surface area (Å²) in [5.74, 6) is 2.38. The molecule has 2 aliphatic rings. The Bertz CT molecular complexity index is 755. The van der Waals surface area contributed by atoms with Crippen molar-refractivity contribution in [1.82, 2.24) is 15.0 Å². The predicted molar refractivity (Wildman–Crippen MR) is 86.1 cm³/mol. The first-order chi connectivity index (χ1) is 10.3. The number of aromatic nitrogens is 3. The smallest absolute Gasteiger partial charge is 0.229 e. The molecule has 0 atom stereocenters. The molecule has 0 saturated heterocycles. The highest BCUT2D eigenvalue weighted by Crippen LogP contribution is 2.33. The van der Waals surface area contributed by atoms with Gasteiger partial charge in [-0.2, -0.15) is 4.98 Å². The third kappa shape index (κ3) is 2.19. The van der Waals surface area contributed by atoms with Crippen LogP contribution < -0.4 is 10.2 Å². The summed E-state index contributed by atoms with van der Waals surface area (Å²) in [7, 11) is 0. The van der Waals surface area contributed by atoms with E-state index in [-0.39, 0.29) is 0 Å². The molecule has 7 heteroatoms. The van der Waals surface area contributed by atoms with Crippen LogP contribution in [0.2, 0.25) is 0 Å². The Hall–Kier alpha value is -2.28. The molecule has 0 unspecified atom stereocenters. The number of anilines is 3. The molecule has 0 fully saturated rings. The van der Waals surface area contributed by atoms with Crippen molar-refractivity contribution >= 4 is 45.3 Å². The van der Waals surface area contributed by atoms with Gasteiger partial charge in [0.15, 0.2) is 0 Å². The molecule has 2 aromatic heterocycles. The van der Waals surface area contributed by atoms with Gasteiger partial charge in [0.25, 0.3) is 0 Å². The van der Waals surface area contributed by atoms with Gasteiger partial charge >= 0.3 is 0 Å². The van der Waals surface area contributed by atoms with Crippen molar-refractivity contribution in [3.8, 4) is 0 Å². The summed E-state index contributed by atoms with van der Waals surface area (Å²) >= 11 is 3.55. The van der Waals surface area contributed by atoms with E-state index in [0.29, 0.717) is 5.95 Å². The second kappa shape index (κ2) is 4.92. The van der Waals surface area contributed by atoms with Gasteiger partial charge in [-0.3, -0.25) is 9.98 Å². The number of halogens is 1. The lowest BCUT2D eigenvalue weighted by molar-refractivity contribution is 0.986. The zero-order valence-corrected chi connectivity index (χ0v) is 12.6. The Kier molecular flexibility index (Phi) is 2.92. The maximum Gasteiger partial charge on any atom is 0.229 e. The molecule has 0 saturated carbocycles. The van der Waals surface area contributed by atoms with Gasteiger partial charge in [-0.05, 0) is 34.1 Å². The second-order valence-electron chi connectivity index (χ2n) is 4.69. The second-order valence-corrected chi connectivity index (χ2v) is 5.54. The highest BCUT2D eigenvalue weighted by Gasteiger charge is 2.28. The molecule has 2 aromatic rings. The zero-order chi connectivity index (χ0) is 14.2. The molecule has 4 heterocycles. The lowest BCUT2D eigenvalue weighted by Crippen LogP contribution is -2.31. The summed E-state index contributed by atoms with van der Waals surface area (Å²) in [6.07, 6.45) is 7.29. The van der Waals surface area contributed by atoms with Crippen LogP contribution in [-0.4, -0.2) is 33.9 Å². The summed E-state index contributed by atoms with van der Waals surface area (Å²) in [6.45, 7) is 1.63. The summed E-state index contributed by atoms with van der Waals surface area (Å²) in [5, 5.41) is 3.16. The Morgan fingerprint density at radius 3 is 3.10 bits per heavy atom. The number of amidine groups is 1. The maximum atomic E-state index is 4.62. The number of nitrogens with one attached hydrogen (secondary N) is 1. The highest BCUT2D eigenvalue weighted by molar-refractivity contribution is 9.12. The molecular weight excluding hydrogens is 332 g/mol. The number of nitrogens with zero attached hydrogens (tertiary/aromatic N) is 5. The minimum absolute atomic E-state index is 0.555. The lowest BCUT2D eigenvalue weighted by atomic mass is 10.2. The number of hydrogen-bond acceptors (Lipinski definition) is 6. The zero-order valence-electron chi connectivity index (χ0n) is 11.0. The van der Waals surface area contributed by atoms with E-state index in [1.165, 1.54) is 0 Å². The van der Waals surface area contributed by atoms with Gasteiger partial charge < -0.3 is 10.2 Å². The van der Waals surface area contributed by atoms with Crippen LogP contribution in [0.3, 0.4) is 0 Å². The monoisotopic (exact) mass is 342 g/mol. The van der Waals surface area contributed by atoms with Crippen LogP contribution in [0.4, 0.5) is 17.5 Å². The predicted octanol–water partition coefficient (Wildman–Crippen LogP) is 2.58. The summed E-state index contributed by atoms with van der Waals surface area (Å²) in [6, 6.07) is 3.79. The normalized spacial score (nSPS) is 16.0. The van der Waals surface area contributed by atoms with Crippen molar-refractivity contribution in [2.75, 3.05) is 23.3 Å². The van der Waals surface area contributed by atoms with Crippen LogP contribution in [0.25, 0.3) is 6.08 Å². The molecule has 21 heavy (non-hydrogen) atoms. The van der Waals surface area contributed by atoms with Gasteiger partial charge in [-0.25, -0.2) is 4.98 Å². The van der Waals surface area contributed by atoms with Crippen LogP contribution in [0.15, 0.2) is 40.2 Å². The van der Waals surface area contributed by atoms with Crippen molar-refractivity contribution in [3.63, 3.8) is 0 Å². The molecule has 0 aliphatic carbocycles. The molecule has 0 radical (unpaired) electrons. The van der Waals surface area contributed by atoms with Crippen LogP contribution in [0.5, 0.6) is 0 Å². The van der Waals surface area contributed by atoms with Crippen molar-refractivity contribution < 1.29 is 0 Å². The SMILES string of the molecule is BrC1=Cc2cnc(Nc3cccnc3)nc2N2CCN=C12.